The van der Waals surface area contributed by atoms with Gasteiger partial charge in [-0.25, -0.2) is 4.98 Å². The topological polar surface area (TPSA) is 42.0 Å². The van der Waals surface area contributed by atoms with Crippen LogP contribution in [0.4, 0.5) is 5.69 Å². The van der Waals surface area contributed by atoms with Crippen molar-refractivity contribution in [3.63, 3.8) is 0 Å². The number of nitrogens with one attached hydrogen (secondary N) is 1. The fourth-order valence-corrected chi connectivity index (χ4v) is 2.41. The molecule has 1 aromatic heterocycles. The lowest BCUT2D eigenvalue weighted by Gasteiger charge is -2.08. The average molecular weight is 267 g/mol. The molecule has 3 nitrogen and oxygen atoms in total. The van der Waals surface area contributed by atoms with E-state index < -0.39 is 0 Å². The van der Waals surface area contributed by atoms with Crippen molar-refractivity contribution in [1.29, 1.82) is 0 Å². The number of nitrogens with zero attached hydrogens (tertiary/aromatic N) is 1. The van der Waals surface area contributed by atoms with Gasteiger partial charge >= 0.3 is 0 Å². The van der Waals surface area contributed by atoms with Gasteiger partial charge in [-0.15, -0.1) is 11.3 Å². The lowest BCUT2D eigenvalue weighted by molar-refractivity contribution is 0.101. The summed E-state index contributed by atoms with van der Waals surface area (Å²) in [5.74, 6) is 0.0513. The lowest BCUT2D eigenvalue weighted by Crippen LogP contribution is -2.03. The highest BCUT2D eigenvalue weighted by atomic mass is 35.5. The van der Waals surface area contributed by atoms with E-state index in [2.05, 4.69) is 10.3 Å². The molecule has 0 fully saturated rings. The van der Waals surface area contributed by atoms with Crippen LogP contribution in [0.25, 0.3) is 0 Å². The van der Waals surface area contributed by atoms with Gasteiger partial charge in [-0.3, -0.25) is 4.79 Å². The predicted octanol–water partition coefficient (Wildman–Crippen LogP) is 3.61. The number of rotatable bonds is 4. The van der Waals surface area contributed by atoms with Gasteiger partial charge in [0.1, 0.15) is 0 Å². The second-order valence-corrected chi connectivity index (χ2v) is 5.23. The summed E-state index contributed by atoms with van der Waals surface area (Å²) in [4.78, 5) is 16.4. The summed E-state index contributed by atoms with van der Waals surface area (Å²) in [5, 5.41) is 3.22. The summed E-state index contributed by atoms with van der Waals surface area (Å²) in [5.41, 5.74) is 1.53. The minimum atomic E-state index is 0.0513. The van der Waals surface area contributed by atoms with Crippen molar-refractivity contribution in [3.05, 3.63) is 45.4 Å². The molecular formula is C12H11ClN2OS. The second kappa shape index (κ2) is 5.29. The highest BCUT2D eigenvalue weighted by Gasteiger charge is 2.06. The normalized spacial score (nSPS) is 10.2. The minimum absolute atomic E-state index is 0.0513. The van der Waals surface area contributed by atoms with Crippen molar-refractivity contribution in [2.45, 2.75) is 13.5 Å². The van der Waals surface area contributed by atoms with Gasteiger partial charge in [0.25, 0.3) is 0 Å². The number of hydrogen-bond donors (Lipinski definition) is 1. The van der Waals surface area contributed by atoms with Crippen molar-refractivity contribution >= 4 is 34.4 Å². The SMILES string of the molecule is CC(=O)c1ccccc1NCc1cnc(Cl)s1. The first-order valence-corrected chi connectivity index (χ1v) is 6.30. The summed E-state index contributed by atoms with van der Waals surface area (Å²) in [7, 11) is 0. The molecule has 0 atom stereocenters. The third-order valence-corrected chi connectivity index (χ3v) is 3.40. The van der Waals surface area contributed by atoms with Crippen molar-refractivity contribution in [1.82, 2.24) is 4.98 Å². The molecule has 0 radical (unpaired) electrons. The first-order chi connectivity index (χ1) is 8.16. The zero-order valence-electron chi connectivity index (χ0n) is 9.24. The largest absolute Gasteiger partial charge is 0.379 e. The fourth-order valence-electron chi connectivity index (χ4n) is 1.49. The van der Waals surface area contributed by atoms with Gasteiger partial charge in [0.05, 0.1) is 6.54 Å². The molecule has 0 spiro atoms. The van der Waals surface area contributed by atoms with Crippen molar-refractivity contribution in [2.75, 3.05) is 5.32 Å². The molecule has 0 aliphatic carbocycles. The van der Waals surface area contributed by atoms with Gasteiger partial charge in [0.2, 0.25) is 0 Å². The standard InChI is InChI=1S/C12H11ClN2OS/c1-8(16)10-4-2-3-5-11(10)14-6-9-7-15-12(13)17-9/h2-5,7,14H,6H2,1H3. The Morgan fingerprint density at radius 2 is 2.24 bits per heavy atom. The van der Waals surface area contributed by atoms with Gasteiger partial charge in [0.15, 0.2) is 10.3 Å². The van der Waals surface area contributed by atoms with Crippen LogP contribution in [0.5, 0.6) is 0 Å². The molecule has 1 aromatic carbocycles. The molecule has 1 heterocycles. The third kappa shape index (κ3) is 3.05. The van der Waals surface area contributed by atoms with E-state index >= 15 is 0 Å². The van der Waals surface area contributed by atoms with Crippen LogP contribution in [-0.4, -0.2) is 10.8 Å². The van der Waals surface area contributed by atoms with Crippen molar-refractivity contribution < 1.29 is 4.79 Å². The van der Waals surface area contributed by atoms with E-state index in [9.17, 15) is 4.79 Å². The molecule has 0 bridgehead atoms. The zero-order valence-corrected chi connectivity index (χ0v) is 10.8. The Morgan fingerprint density at radius 3 is 2.88 bits per heavy atom. The van der Waals surface area contributed by atoms with Crippen molar-refractivity contribution in [3.8, 4) is 0 Å². The number of thiazole rings is 1. The van der Waals surface area contributed by atoms with E-state index in [4.69, 9.17) is 11.6 Å². The molecule has 0 saturated carbocycles. The maximum Gasteiger partial charge on any atom is 0.183 e. The number of carbonyl (C=O) groups is 1. The van der Waals surface area contributed by atoms with Gasteiger partial charge in [0, 0.05) is 22.3 Å². The molecular weight excluding hydrogens is 256 g/mol. The highest BCUT2D eigenvalue weighted by Crippen LogP contribution is 2.21. The second-order valence-electron chi connectivity index (χ2n) is 3.53. The fraction of sp³-hybridized carbons (Fsp3) is 0.167. The van der Waals surface area contributed by atoms with Gasteiger partial charge in [-0.1, -0.05) is 23.7 Å². The monoisotopic (exact) mass is 266 g/mol. The number of halogens is 1. The van der Waals surface area contributed by atoms with Crippen LogP contribution in [-0.2, 0) is 6.54 Å². The molecule has 2 rings (SSSR count). The van der Waals surface area contributed by atoms with E-state index in [-0.39, 0.29) is 5.78 Å². The number of aromatic nitrogens is 1. The van der Waals surface area contributed by atoms with Crippen LogP contribution in [0.3, 0.4) is 0 Å². The Kier molecular flexibility index (Phi) is 3.76. The number of benzene rings is 1. The maximum atomic E-state index is 11.4. The number of anilines is 1. The molecule has 17 heavy (non-hydrogen) atoms. The number of hydrogen-bond acceptors (Lipinski definition) is 4. The summed E-state index contributed by atoms with van der Waals surface area (Å²) in [6.45, 7) is 2.18. The Morgan fingerprint density at radius 1 is 1.47 bits per heavy atom. The van der Waals surface area contributed by atoms with Crippen LogP contribution in [0.1, 0.15) is 22.2 Å². The molecule has 5 heteroatoms. The smallest absolute Gasteiger partial charge is 0.183 e. The summed E-state index contributed by atoms with van der Waals surface area (Å²) in [6.07, 6.45) is 1.73. The zero-order chi connectivity index (χ0) is 12.3. The number of Topliss-reactive ketones (excluding diaryl/α,β-unsaturated/α-hetero) is 1. The molecule has 0 unspecified atom stereocenters. The Balaban J connectivity index is 2.11. The van der Waals surface area contributed by atoms with Crippen LogP contribution < -0.4 is 5.32 Å². The van der Waals surface area contributed by atoms with E-state index in [0.717, 1.165) is 10.6 Å². The maximum absolute atomic E-state index is 11.4. The van der Waals surface area contributed by atoms with Gasteiger partial charge in [-0.05, 0) is 19.1 Å². The van der Waals surface area contributed by atoms with Crippen LogP contribution in [0, 0.1) is 0 Å². The summed E-state index contributed by atoms with van der Waals surface area (Å²) < 4.78 is 0.529. The van der Waals surface area contributed by atoms with Gasteiger partial charge in [-0.2, -0.15) is 0 Å². The quantitative estimate of drug-likeness (QED) is 0.860. The highest BCUT2D eigenvalue weighted by molar-refractivity contribution is 7.15. The Hall–Kier alpha value is -1.39. The Labute approximate surface area is 108 Å². The van der Waals surface area contributed by atoms with Crippen LogP contribution in [0.2, 0.25) is 4.47 Å². The average Bonchev–Trinajstić information content (AvgIpc) is 2.73. The first-order valence-electron chi connectivity index (χ1n) is 5.11. The number of carbonyl (C=O) groups excluding carboxylic acids is 1. The van der Waals surface area contributed by atoms with E-state index in [1.54, 1.807) is 13.1 Å². The summed E-state index contributed by atoms with van der Waals surface area (Å²) in [6, 6.07) is 7.45. The van der Waals surface area contributed by atoms with E-state index in [1.165, 1.54) is 11.3 Å². The minimum Gasteiger partial charge on any atom is -0.379 e. The molecule has 0 amide bonds. The molecule has 0 aliphatic heterocycles. The van der Waals surface area contributed by atoms with Crippen LogP contribution >= 0.6 is 22.9 Å². The van der Waals surface area contributed by atoms with E-state index in [1.807, 2.05) is 24.3 Å². The molecule has 88 valence electrons. The van der Waals surface area contributed by atoms with Crippen LogP contribution in [0.15, 0.2) is 30.5 Å². The van der Waals surface area contributed by atoms with E-state index in [0.29, 0.717) is 16.6 Å². The number of ketones is 1. The third-order valence-electron chi connectivity index (χ3n) is 2.28. The molecule has 0 aliphatic rings. The molecule has 0 saturated heterocycles. The molecule has 2 aromatic rings. The predicted molar refractivity (Wildman–Crippen MR) is 70.9 cm³/mol. The van der Waals surface area contributed by atoms with Gasteiger partial charge < -0.3 is 5.32 Å². The van der Waals surface area contributed by atoms with Crippen molar-refractivity contribution in [2.24, 2.45) is 0 Å². The number of para-hydroxylation sites is 1. The lowest BCUT2D eigenvalue weighted by atomic mass is 10.1. The molecule has 1 N–H and O–H groups in total. The summed E-state index contributed by atoms with van der Waals surface area (Å²) >= 11 is 7.18. The Bertz CT molecular complexity index is 539. The first kappa shape index (κ1) is 12.1.